The first-order chi connectivity index (χ1) is 7.68. The van der Waals surface area contributed by atoms with Gasteiger partial charge in [-0.2, -0.15) is 0 Å². The van der Waals surface area contributed by atoms with Crippen molar-refractivity contribution in [3.05, 3.63) is 0 Å². The Bertz CT molecular complexity index is 138. The van der Waals surface area contributed by atoms with Gasteiger partial charge < -0.3 is 4.48 Å². The van der Waals surface area contributed by atoms with E-state index in [0.29, 0.717) is 0 Å². The molecule has 0 aromatic heterocycles. The molecule has 0 heterocycles. The fourth-order valence-corrected chi connectivity index (χ4v) is 2.61. The van der Waals surface area contributed by atoms with E-state index in [1.54, 1.807) is 0 Å². The molecule has 0 radical (unpaired) electrons. The smallest absolute Gasteiger partial charge is 0.0791 e. The lowest BCUT2D eigenvalue weighted by Gasteiger charge is -2.35. The first kappa shape index (κ1) is 16.7. The van der Waals surface area contributed by atoms with Crippen molar-refractivity contribution in [1.82, 2.24) is 0 Å². The fraction of sp³-hybridized carbons (Fsp3) is 1.00. The average Bonchev–Trinajstić information content (AvgIpc) is 2.27. The molecule has 0 spiro atoms. The molecular weight excluding hydrogens is 309 g/mol. The van der Waals surface area contributed by atoms with Gasteiger partial charge in [0.25, 0.3) is 0 Å². The van der Waals surface area contributed by atoms with Gasteiger partial charge in [-0.1, -0.05) is 49.3 Å². The van der Waals surface area contributed by atoms with Crippen LogP contribution in [0.3, 0.4) is 0 Å². The highest BCUT2D eigenvalue weighted by Crippen LogP contribution is 2.12. The number of alkyl halides is 1. The van der Waals surface area contributed by atoms with Gasteiger partial charge >= 0.3 is 0 Å². The Morgan fingerprint density at radius 3 is 1.56 bits per heavy atom. The van der Waals surface area contributed by atoms with Crippen molar-refractivity contribution in [2.75, 3.05) is 31.1 Å². The molecule has 0 bridgehead atoms. The van der Waals surface area contributed by atoms with Crippen LogP contribution in [0.2, 0.25) is 0 Å². The minimum absolute atomic E-state index is 1.31. The molecule has 0 fully saturated rings. The van der Waals surface area contributed by atoms with Crippen LogP contribution in [0.1, 0.15) is 58.8 Å². The van der Waals surface area contributed by atoms with Gasteiger partial charge in [0.2, 0.25) is 0 Å². The summed E-state index contributed by atoms with van der Waals surface area (Å²) in [5.74, 6) is 0. The van der Waals surface area contributed by atoms with Crippen molar-refractivity contribution in [1.29, 1.82) is 0 Å². The summed E-state index contributed by atoms with van der Waals surface area (Å²) in [5.41, 5.74) is 0. The molecule has 0 atom stereocenters. The molecule has 0 unspecified atom stereocenters. The number of hydrogen-bond donors (Lipinski definition) is 0. The zero-order valence-electron chi connectivity index (χ0n) is 11.6. The first-order valence-corrected chi connectivity index (χ1v) is 8.60. The van der Waals surface area contributed by atoms with Crippen molar-refractivity contribution in [2.45, 2.75) is 58.8 Å². The van der Waals surface area contributed by atoms with Crippen LogP contribution in [0.5, 0.6) is 0 Å². The van der Waals surface area contributed by atoms with E-state index in [0.717, 1.165) is 0 Å². The zero-order chi connectivity index (χ0) is 12.3. The van der Waals surface area contributed by atoms with E-state index in [2.05, 4.69) is 43.5 Å². The largest absolute Gasteiger partial charge is 0.326 e. The molecule has 0 amide bonds. The lowest BCUT2D eigenvalue weighted by Crippen LogP contribution is -2.46. The summed E-state index contributed by atoms with van der Waals surface area (Å²) in [6, 6.07) is 0. The van der Waals surface area contributed by atoms with Crippen LogP contribution in [0.4, 0.5) is 0 Å². The molecule has 0 saturated carbocycles. The molecular formula is C14H31IN+. The van der Waals surface area contributed by atoms with Crippen molar-refractivity contribution in [3.63, 3.8) is 0 Å². The number of nitrogens with zero attached hydrogens (tertiary/aromatic N) is 1. The van der Waals surface area contributed by atoms with Crippen LogP contribution in [0.15, 0.2) is 0 Å². The number of hydrogen-bond acceptors (Lipinski definition) is 0. The van der Waals surface area contributed by atoms with Gasteiger partial charge in [0.15, 0.2) is 0 Å². The Balaban J connectivity index is 3.91. The molecule has 0 aromatic rings. The molecule has 16 heavy (non-hydrogen) atoms. The van der Waals surface area contributed by atoms with Gasteiger partial charge in [-0.05, 0) is 25.7 Å². The number of unbranched alkanes of at least 4 members (excludes halogenated alkanes) is 4. The maximum atomic E-state index is 2.51. The van der Waals surface area contributed by atoms with E-state index < -0.39 is 0 Å². The molecule has 0 aliphatic heterocycles. The van der Waals surface area contributed by atoms with Crippen molar-refractivity contribution in [2.24, 2.45) is 0 Å². The minimum atomic E-state index is 1.31. The van der Waals surface area contributed by atoms with Gasteiger partial charge in [-0.3, -0.25) is 0 Å². The normalized spacial score (nSPS) is 12.0. The highest BCUT2D eigenvalue weighted by Gasteiger charge is 2.19. The SMILES string of the molecule is CCCCC[N+](C)(CCCI)CCCCC. The topological polar surface area (TPSA) is 0 Å². The number of halogens is 1. The standard InChI is InChI=1S/C14H31IN/c1-4-6-8-12-16(3,14-10-11-15)13-9-7-5-2/h4-14H2,1-3H3/q+1. The second-order valence-electron chi connectivity index (χ2n) is 5.25. The van der Waals surface area contributed by atoms with Crippen LogP contribution in [0.25, 0.3) is 0 Å². The monoisotopic (exact) mass is 340 g/mol. The molecule has 1 nitrogen and oxygen atoms in total. The van der Waals surface area contributed by atoms with E-state index in [4.69, 9.17) is 0 Å². The summed E-state index contributed by atoms with van der Waals surface area (Å²) in [5, 5.41) is 0. The Labute approximate surface area is 117 Å². The highest BCUT2D eigenvalue weighted by molar-refractivity contribution is 14.1. The Kier molecular flexibility index (Phi) is 11.3. The van der Waals surface area contributed by atoms with Crippen LogP contribution < -0.4 is 0 Å². The van der Waals surface area contributed by atoms with Crippen LogP contribution >= 0.6 is 22.6 Å². The third-order valence-corrected chi connectivity index (χ3v) is 4.20. The average molecular weight is 340 g/mol. The summed E-state index contributed by atoms with van der Waals surface area (Å²) in [6.45, 7) is 8.78. The molecule has 2 heteroatoms. The lowest BCUT2D eigenvalue weighted by molar-refractivity contribution is -0.910. The molecule has 0 saturated heterocycles. The highest BCUT2D eigenvalue weighted by atomic mass is 127. The predicted molar refractivity (Wildman–Crippen MR) is 83.3 cm³/mol. The third kappa shape index (κ3) is 8.80. The van der Waals surface area contributed by atoms with Gasteiger partial charge in [0, 0.05) is 10.8 Å². The van der Waals surface area contributed by atoms with Gasteiger partial charge in [-0.15, -0.1) is 0 Å². The summed E-state index contributed by atoms with van der Waals surface area (Å²) in [4.78, 5) is 0. The van der Waals surface area contributed by atoms with E-state index in [1.165, 1.54) is 73.5 Å². The Morgan fingerprint density at radius 1 is 0.750 bits per heavy atom. The second-order valence-corrected chi connectivity index (χ2v) is 6.33. The summed E-state index contributed by atoms with van der Waals surface area (Å²) in [7, 11) is 2.47. The van der Waals surface area contributed by atoms with Gasteiger partial charge in [-0.25, -0.2) is 0 Å². The lowest BCUT2D eigenvalue weighted by atomic mass is 10.1. The van der Waals surface area contributed by atoms with Crippen LogP contribution in [-0.4, -0.2) is 35.6 Å². The summed E-state index contributed by atoms with van der Waals surface area (Å²) in [6.07, 6.45) is 9.73. The van der Waals surface area contributed by atoms with Crippen LogP contribution in [-0.2, 0) is 0 Å². The summed E-state index contributed by atoms with van der Waals surface area (Å²) < 4.78 is 2.64. The molecule has 98 valence electrons. The summed E-state index contributed by atoms with van der Waals surface area (Å²) >= 11 is 2.51. The van der Waals surface area contributed by atoms with Crippen molar-refractivity contribution >= 4 is 22.6 Å². The Morgan fingerprint density at radius 2 is 1.19 bits per heavy atom. The number of rotatable bonds is 11. The molecule has 0 aliphatic carbocycles. The third-order valence-electron chi connectivity index (χ3n) is 3.43. The molecule has 0 N–H and O–H groups in total. The minimum Gasteiger partial charge on any atom is -0.326 e. The molecule has 0 aromatic carbocycles. The zero-order valence-corrected chi connectivity index (χ0v) is 13.8. The maximum Gasteiger partial charge on any atom is 0.0791 e. The maximum absolute atomic E-state index is 2.51. The van der Waals surface area contributed by atoms with Gasteiger partial charge in [0.05, 0.1) is 26.7 Å². The van der Waals surface area contributed by atoms with E-state index in [-0.39, 0.29) is 0 Å². The van der Waals surface area contributed by atoms with E-state index in [1.807, 2.05) is 0 Å². The quantitative estimate of drug-likeness (QED) is 0.222. The fourth-order valence-electron chi connectivity index (χ4n) is 2.26. The van der Waals surface area contributed by atoms with Gasteiger partial charge in [0.1, 0.15) is 0 Å². The van der Waals surface area contributed by atoms with Crippen molar-refractivity contribution in [3.8, 4) is 0 Å². The Hall–Kier alpha value is 0.690. The van der Waals surface area contributed by atoms with E-state index in [9.17, 15) is 0 Å². The predicted octanol–water partition coefficient (Wildman–Crippen LogP) is 4.64. The molecule has 0 aliphatic rings. The number of quaternary nitrogens is 1. The first-order valence-electron chi connectivity index (χ1n) is 7.08. The second kappa shape index (κ2) is 10.8. The van der Waals surface area contributed by atoms with Crippen LogP contribution in [0, 0.1) is 0 Å². The molecule has 0 rings (SSSR count). The van der Waals surface area contributed by atoms with E-state index >= 15 is 0 Å². The van der Waals surface area contributed by atoms with Crippen molar-refractivity contribution < 1.29 is 4.48 Å².